The minimum Gasteiger partial charge on any atom is -0.300 e. The quantitative estimate of drug-likeness (QED) is 0.572. The summed E-state index contributed by atoms with van der Waals surface area (Å²) in [7, 11) is 0. The molecule has 9 heavy (non-hydrogen) atoms. The Hall–Kier alpha value is -0.0800. The van der Waals surface area contributed by atoms with E-state index < -0.39 is 0 Å². The molecule has 0 aromatic rings. The van der Waals surface area contributed by atoms with Gasteiger partial charge in [-0.3, -0.25) is 0 Å². The van der Waals surface area contributed by atoms with Crippen LogP contribution >= 0.6 is 0 Å². The molecule has 2 heteroatoms. The first-order valence-corrected chi connectivity index (χ1v) is 3.85. The minimum atomic E-state index is 0.718. The van der Waals surface area contributed by atoms with E-state index in [1.165, 1.54) is 12.8 Å². The van der Waals surface area contributed by atoms with Crippen molar-refractivity contribution >= 4 is 0 Å². The molecule has 0 bridgehead atoms. The van der Waals surface area contributed by atoms with E-state index in [0.29, 0.717) is 0 Å². The molecule has 1 fully saturated rings. The van der Waals surface area contributed by atoms with Crippen molar-refractivity contribution in [1.29, 1.82) is 0 Å². The fraction of sp³-hybridized carbons (Fsp3) is 1.00. The highest BCUT2D eigenvalue weighted by atomic mass is 15.2. The van der Waals surface area contributed by atoms with Crippen LogP contribution in [0.1, 0.15) is 26.7 Å². The molecule has 0 radical (unpaired) electrons. The van der Waals surface area contributed by atoms with Crippen LogP contribution in [-0.4, -0.2) is 18.8 Å². The Morgan fingerprint density at radius 3 is 1.89 bits per heavy atom. The highest BCUT2D eigenvalue weighted by molar-refractivity contribution is 4.84. The molecule has 0 spiro atoms. The number of rotatable bonds is 2. The summed E-state index contributed by atoms with van der Waals surface area (Å²) in [6.07, 6.45) is 2.48. The van der Waals surface area contributed by atoms with Gasteiger partial charge in [0.15, 0.2) is 0 Å². The summed E-state index contributed by atoms with van der Waals surface area (Å²) >= 11 is 0. The lowest BCUT2D eigenvalue weighted by Gasteiger charge is -2.14. The van der Waals surface area contributed by atoms with E-state index in [0.717, 1.165) is 18.8 Å². The molecule has 2 N–H and O–H groups in total. The number of hydrogen-bond acceptors (Lipinski definition) is 2. The lowest BCUT2D eigenvalue weighted by molar-refractivity contribution is 0.484. The van der Waals surface area contributed by atoms with Crippen molar-refractivity contribution in [2.75, 3.05) is 6.67 Å². The minimum absolute atomic E-state index is 0.718. The average Bonchev–Trinajstić information content (AvgIpc) is 2.33. The third-order valence-electron chi connectivity index (χ3n) is 2.09. The van der Waals surface area contributed by atoms with Crippen LogP contribution in [0, 0.1) is 0 Å². The van der Waals surface area contributed by atoms with E-state index in [1.54, 1.807) is 0 Å². The van der Waals surface area contributed by atoms with Crippen molar-refractivity contribution in [1.82, 2.24) is 10.6 Å². The summed E-state index contributed by atoms with van der Waals surface area (Å²) in [6.45, 7) is 5.46. The van der Waals surface area contributed by atoms with Crippen LogP contribution in [0.3, 0.4) is 0 Å². The molecule has 0 aliphatic carbocycles. The molecule has 0 saturated carbocycles. The predicted molar refractivity (Wildman–Crippen MR) is 39.3 cm³/mol. The van der Waals surface area contributed by atoms with E-state index in [2.05, 4.69) is 24.5 Å². The van der Waals surface area contributed by atoms with Crippen molar-refractivity contribution in [3.8, 4) is 0 Å². The largest absolute Gasteiger partial charge is 0.300 e. The smallest absolute Gasteiger partial charge is 0.0459 e. The van der Waals surface area contributed by atoms with Crippen LogP contribution in [0.15, 0.2) is 0 Å². The summed E-state index contributed by atoms with van der Waals surface area (Å²) in [5.41, 5.74) is 0. The summed E-state index contributed by atoms with van der Waals surface area (Å²) in [5.74, 6) is 0. The number of hydrogen-bond donors (Lipinski definition) is 2. The van der Waals surface area contributed by atoms with Gasteiger partial charge in [0.2, 0.25) is 0 Å². The van der Waals surface area contributed by atoms with Gasteiger partial charge in [-0.05, 0) is 12.8 Å². The van der Waals surface area contributed by atoms with Crippen LogP contribution in [-0.2, 0) is 0 Å². The van der Waals surface area contributed by atoms with Gasteiger partial charge in [0.05, 0.1) is 0 Å². The third-order valence-corrected chi connectivity index (χ3v) is 2.09. The molecule has 2 nitrogen and oxygen atoms in total. The van der Waals surface area contributed by atoms with Crippen LogP contribution in [0.4, 0.5) is 0 Å². The topological polar surface area (TPSA) is 24.1 Å². The maximum atomic E-state index is 3.40. The van der Waals surface area contributed by atoms with Crippen LogP contribution in [0.5, 0.6) is 0 Å². The van der Waals surface area contributed by atoms with Crippen molar-refractivity contribution in [3.63, 3.8) is 0 Å². The Kier molecular flexibility index (Phi) is 2.49. The SMILES string of the molecule is CCC1NCNC1CC. The van der Waals surface area contributed by atoms with Gasteiger partial charge < -0.3 is 10.6 Å². The molecule has 1 heterocycles. The van der Waals surface area contributed by atoms with Gasteiger partial charge in [0.1, 0.15) is 0 Å². The summed E-state index contributed by atoms with van der Waals surface area (Å²) in [6, 6.07) is 1.44. The second-order valence-electron chi connectivity index (χ2n) is 2.61. The zero-order chi connectivity index (χ0) is 6.69. The van der Waals surface area contributed by atoms with E-state index in [1.807, 2.05) is 0 Å². The maximum absolute atomic E-state index is 3.40. The number of nitrogens with one attached hydrogen (secondary N) is 2. The Labute approximate surface area is 57.0 Å². The Morgan fingerprint density at radius 1 is 1.11 bits per heavy atom. The zero-order valence-electron chi connectivity index (χ0n) is 6.28. The van der Waals surface area contributed by atoms with Gasteiger partial charge >= 0.3 is 0 Å². The Balaban J connectivity index is 2.32. The van der Waals surface area contributed by atoms with Gasteiger partial charge in [0.25, 0.3) is 0 Å². The lowest BCUT2D eigenvalue weighted by atomic mass is 10.1. The molecular formula is C7H16N2. The van der Waals surface area contributed by atoms with Crippen molar-refractivity contribution < 1.29 is 0 Å². The first kappa shape index (κ1) is 7.03. The molecule has 1 rings (SSSR count). The molecule has 2 unspecified atom stereocenters. The second-order valence-corrected chi connectivity index (χ2v) is 2.61. The van der Waals surface area contributed by atoms with Gasteiger partial charge in [0, 0.05) is 18.8 Å². The molecule has 0 amide bonds. The maximum Gasteiger partial charge on any atom is 0.0459 e. The van der Waals surface area contributed by atoms with Gasteiger partial charge in [-0.25, -0.2) is 0 Å². The fourth-order valence-corrected chi connectivity index (χ4v) is 1.46. The normalized spacial score (nSPS) is 35.3. The molecule has 54 valence electrons. The van der Waals surface area contributed by atoms with Gasteiger partial charge in [-0.1, -0.05) is 13.8 Å². The molecule has 1 saturated heterocycles. The zero-order valence-corrected chi connectivity index (χ0v) is 6.28. The molecule has 2 atom stereocenters. The van der Waals surface area contributed by atoms with E-state index in [9.17, 15) is 0 Å². The molecular weight excluding hydrogens is 112 g/mol. The summed E-state index contributed by atoms with van der Waals surface area (Å²) < 4.78 is 0. The van der Waals surface area contributed by atoms with Crippen LogP contribution < -0.4 is 10.6 Å². The summed E-state index contributed by atoms with van der Waals surface area (Å²) in [4.78, 5) is 0. The van der Waals surface area contributed by atoms with Crippen molar-refractivity contribution in [2.45, 2.75) is 38.8 Å². The third kappa shape index (κ3) is 1.43. The molecule has 1 aliphatic rings. The molecule has 0 aromatic carbocycles. The van der Waals surface area contributed by atoms with E-state index >= 15 is 0 Å². The average molecular weight is 128 g/mol. The van der Waals surface area contributed by atoms with Crippen LogP contribution in [0.2, 0.25) is 0 Å². The Bertz CT molecular complexity index is 73.0. The lowest BCUT2D eigenvalue weighted by Crippen LogP contribution is -2.31. The second kappa shape index (κ2) is 3.18. The monoisotopic (exact) mass is 128 g/mol. The Morgan fingerprint density at radius 2 is 1.56 bits per heavy atom. The van der Waals surface area contributed by atoms with Gasteiger partial charge in [-0.15, -0.1) is 0 Å². The van der Waals surface area contributed by atoms with Gasteiger partial charge in [-0.2, -0.15) is 0 Å². The highest BCUT2D eigenvalue weighted by Crippen LogP contribution is 2.06. The van der Waals surface area contributed by atoms with Crippen molar-refractivity contribution in [2.24, 2.45) is 0 Å². The van der Waals surface area contributed by atoms with E-state index in [4.69, 9.17) is 0 Å². The van der Waals surface area contributed by atoms with Crippen molar-refractivity contribution in [3.05, 3.63) is 0 Å². The molecule has 1 aliphatic heterocycles. The standard InChI is InChI=1S/C7H16N2/c1-3-6-7(4-2)9-5-8-6/h6-9H,3-5H2,1-2H3. The summed E-state index contributed by atoms with van der Waals surface area (Å²) in [5, 5.41) is 6.79. The first-order valence-electron chi connectivity index (χ1n) is 3.85. The van der Waals surface area contributed by atoms with Crippen LogP contribution in [0.25, 0.3) is 0 Å². The highest BCUT2D eigenvalue weighted by Gasteiger charge is 2.21. The van der Waals surface area contributed by atoms with E-state index in [-0.39, 0.29) is 0 Å². The molecule has 0 aromatic heterocycles. The first-order chi connectivity index (χ1) is 4.38. The predicted octanol–water partition coefficient (Wildman–Crippen LogP) is 0.694. The fourth-order valence-electron chi connectivity index (χ4n) is 1.46.